The van der Waals surface area contributed by atoms with E-state index in [1.807, 2.05) is 13.0 Å². The second-order valence-corrected chi connectivity index (χ2v) is 7.70. The normalized spacial score (nSPS) is 10.8. The Hall–Kier alpha value is -3.64. The summed E-state index contributed by atoms with van der Waals surface area (Å²) in [6.45, 7) is 3.68. The first-order valence-electron chi connectivity index (χ1n) is 9.89. The fourth-order valence-electron chi connectivity index (χ4n) is 2.70. The number of hydrogen-bond acceptors (Lipinski definition) is 8. The summed E-state index contributed by atoms with van der Waals surface area (Å²) in [6, 6.07) is 8.22. The molecular formula is C23H24N2O6S. The summed E-state index contributed by atoms with van der Waals surface area (Å²) in [4.78, 5) is 37.3. The summed E-state index contributed by atoms with van der Waals surface area (Å²) in [5.74, 6) is -1.12. The average molecular weight is 457 g/mol. The lowest BCUT2D eigenvalue weighted by molar-refractivity contribution is -0.134. The van der Waals surface area contributed by atoms with Gasteiger partial charge in [-0.3, -0.25) is 9.59 Å². The molecular weight excluding hydrogens is 432 g/mol. The number of methoxy groups -OCH3 is 2. The number of anilines is 1. The van der Waals surface area contributed by atoms with Gasteiger partial charge in [0.15, 0.2) is 11.5 Å². The lowest BCUT2D eigenvalue weighted by atomic mass is 10.1. The highest BCUT2D eigenvalue weighted by molar-refractivity contribution is 7.16. The van der Waals surface area contributed by atoms with Gasteiger partial charge in [0.1, 0.15) is 16.6 Å². The molecule has 0 unspecified atom stereocenters. The SMILES string of the molecule is CCCc1cc(C(=O)OC)c(NC(=O)C(C#N)=Cc2ccc(OC(=O)CC)c(OC)c2)s1. The van der Waals surface area contributed by atoms with E-state index in [1.165, 1.54) is 37.7 Å². The van der Waals surface area contributed by atoms with Crippen molar-refractivity contribution in [2.75, 3.05) is 19.5 Å². The molecule has 32 heavy (non-hydrogen) atoms. The number of hydrogen-bond donors (Lipinski definition) is 1. The number of carbonyl (C=O) groups excluding carboxylic acids is 3. The molecule has 168 valence electrons. The Kier molecular flexibility index (Phi) is 8.98. The van der Waals surface area contributed by atoms with Crippen molar-refractivity contribution < 1.29 is 28.6 Å². The summed E-state index contributed by atoms with van der Waals surface area (Å²) < 4.78 is 15.2. The summed E-state index contributed by atoms with van der Waals surface area (Å²) in [5, 5.41) is 12.5. The third kappa shape index (κ3) is 6.18. The monoisotopic (exact) mass is 456 g/mol. The number of rotatable bonds is 9. The van der Waals surface area contributed by atoms with Crippen LogP contribution in [0.5, 0.6) is 11.5 Å². The van der Waals surface area contributed by atoms with Crippen molar-refractivity contribution in [2.45, 2.75) is 33.1 Å². The third-order valence-corrected chi connectivity index (χ3v) is 5.40. The molecule has 0 aliphatic heterocycles. The van der Waals surface area contributed by atoms with Crippen LogP contribution in [-0.4, -0.2) is 32.1 Å². The number of thiophene rings is 1. The van der Waals surface area contributed by atoms with E-state index in [0.717, 1.165) is 17.7 Å². The van der Waals surface area contributed by atoms with E-state index in [-0.39, 0.29) is 29.1 Å². The number of nitriles is 1. The van der Waals surface area contributed by atoms with Crippen molar-refractivity contribution in [3.63, 3.8) is 0 Å². The Morgan fingerprint density at radius 3 is 2.50 bits per heavy atom. The van der Waals surface area contributed by atoms with E-state index in [1.54, 1.807) is 25.1 Å². The smallest absolute Gasteiger partial charge is 0.340 e. The van der Waals surface area contributed by atoms with Crippen LogP contribution in [0.3, 0.4) is 0 Å². The van der Waals surface area contributed by atoms with Gasteiger partial charge in [-0.05, 0) is 36.3 Å². The molecule has 1 amide bonds. The van der Waals surface area contributed by atoms with Crippen LogP contribution in [0.4, 0.5) is 5.00 Å². The molecule has 1 heterocycles. The second kappa shape index (κ2) is 11.7. The van der Waals surface area contributed by atoms with E-state index in [4.69, 9.17) is 14.2 Å². The molecule has 1 N–H and O–H groups in total. The van der Waals surface area contributed by atoms with Crippen LogP contribution in [0.2, 0.25) is 0 Å². The fourth-order valence-corrected chi connectivity index (χ4v) is 3.85. The highest BCUT2D eigenvalue weighted by atomic mass is 32.1. The Balaban J connectivity index is 2.31. The first kappa shape index (κ1) is 24.6. The van der Waals surface area contributed by atoms with Gasteiger partial charge in [0.25, 0.3) is 5.91 Å². The van der Waals surface area contributed by atoms with Gasteiger partial charge in [0.2, 0.25) is 0 Å². The number of amides is 1. The molecule has 2 aromatic rings. The fraction of sp³-hybridized carbons (Fsp3) is 0.304. The Bertz CT molecular complexity index is 1080. The molecule has 0 bridgehead atoms. The summed E-state index contributed by atoms with van der Waals surface area (Å²) in [6.07, 6.45) is 3.21. The third-order valence-electron chi connectivity index (χ3n) is 4.29. The molecule has 0 aliphatic carbocycles. The summed E-state index contributed by atoms with van der Waals surface area (Å²) in [5.41, 5.74) is 0.567. The number of carbonyl (C=O) groups is 3. The van der Waals surface area contributed by atoms with Crippen molar-refractivity contribution in [2.24, 2.45) is 0 Å². The average Bonchev–Trinajstić information content (AvgIpc) is 3.19. The molecule has 0 fully saturated rings. The van der Waals surface area contributed by atoms with Gasteiger partial charge in [-0.25, -0.2) is 4.79 Å². The summed E-state index contributed by atoms with van der Waals surface area (Å²) in [7, 11) is 2.68. The van der Waals surface area contributed by atoms with Crippen LogP contribution < -0.4 is 14.8 Å². The number of esters is 2. The van der Waals surface area contributed by atoms with Crippen molar-refractivity contribution in [3.05, 3.63) is 45.8 Å². The molecule has 8 nitrogen and oxygen atoms in total. The minimum absolute atomic E-state index is 0.174. The molecule has 0 radical (unpaired) electrons. The Morgan fingerprint density at radius 2 is 1.91 bits per heavy atom. The van der Waals surface area contributed by atoms with E-state index in [9.17, 15) is 19.6 Å². The van der Waals surface area contributed by atoms with Gasteiger partial charge in [0.05, 0.1) is 19.8 Å². The molecule has 1 aromatic heterocycles. The first-order valence-corrected chi connectivity index (χ1v) is 10.7. The van der Waals surface area contributed by atoms with Crippen LogP contribution in [-0.2, 0) is 20.7 Å². The molecule has 0 saturated heterocycles. The Morgan fingerprint density at radius 1 is 1.16 bits per heavy atom. The quantitative estimate of drug-likeness (QED) is 0.258. The van der Waals surface area contributed by atoms with Gasteiger partial charge >= 0.3 is 11.9 Å². The molecule has 9 heteroatoms. The minimum Gasteiger partial charge on any atom is -0.493 e. The minimum atomic E-state index is -0.664. The number of ether oxygens (including phenoxy) is 3. The second-order valence-electron chi connectivity index (χ2n) is 6.56. The largest absolute Gasteiger partial charge is 0.493 e. The van der Waals surface area contributed by atoms with E-state index >= 15 is 0 Å². The van der Waals surface area contributed by atoms with Gasteiger partial charge in [-0.15, -0.1) is 11.3 Å². The van der Waals surface area contributed by atoms with Crippen molar-refractivity contribution in [1.29, 1.82) is 5.26 Å². The molecule has 0 atom stereocenters. The molecule has 1 aromatic carbocycles. The zero-order valence-electron chi connectivity index (χ0n) is 18.3. The molecule has 2 rings (SSSR count). The standard InChI is InChI=1S/C23H24N2O6S/c1-5-7-16-12-17(23(28)30-4)22(32-16)25-21(27)15(13-24)10-14-8-9-18(19(11-14)29-3)31-20(26)6-2/h8-12H,5-7H2,1-4H3,(H,25,27). The van der Waals surface area contributed by atoms with Gasteiger partial charge < -0.3 is 19.5 Å². The topological polar surface area (TPSA) is 115 Å². The maximum absolute atomic E-state index is 12.7. The van der Waals surface area contributed by atoms with E-state index < -0.39 is 17.8 Å². The van der Waals surface area contributed by atoms with E-state index in [0.29, 0.717) is 10.6 Å². The van der Waals surface area contributed by atoms with Crippen LogP contribution in [0, 0.1) is 11.3 Å². The van der Waals surface area contributed by atoms with Crippen LogP contribution in [0.15, 0.2) is 29.8 Å². The zero-order chi connectivity index (χ0) is 23.7. The maximum atomic E-state index is 12.7. The van der Waals surface area contributed by atoms with Crippen LogP contribution >= 0.6 is 11.3 Å². The van der Waals surface area contributed by atoms with Gasteiger partial charge in [-0.2, -0.15) is 5.26 Å². The highest BCUT2D eigenvalue weighted by Crippen LogP contribution is 2.31. The lowest BCUT2D eigenvalue weighted by Gasteiger charge is -2.09. The van der Waals surface area contributed by atoms with Crippen molar-refractivity contribution in [1.82, 2.24) is 0 Å². The summed E-state index contributed by atoms with van der Waals surface area (Å²) >= 11 is 1.27. The molecule has 0 aliphatic rings. The Labute approximate surface area is 190 Å². The zero-order valence-corrected chi connectivity index (χ0v) is 19.1. The van der Waals surface area contributed by atoms with Gasteiger partial charge in [0, 0.05) is 11.3 Å². The molecule has 0 spiro atoms. The predicted octanol–water partition coefficient (Wildman–Crippen LogP) is 4.36. The van der Waals surface area contributed by atoms with E-state index in [2.05, 4.69) is 5.32 Å². The maximum Gasteiger partial charge on any atom is 0.340 e. The predicted molar refractivity (Wildman–Crippen MR) is 121 cm³/mol. The number of aryl methyl sites for hydroxylation is 1. The molecule has 0 saturated carbocycles. The lowest BCUT2D eigenvalue weighted by Crippen LogP contribution is -2.15. The van der Waals surface area contributed by atoms with Crippen LogP contribution in [0.1, 0.15) is 47.5 Å². The first-order chi connectivity index (χ1) is 15.4. The number of nitrogens with zero attached hydrogens (tertiary/aromatic N) is 1. The van der Waals surface area contributed by atoms with Crippen LogP contribution in [0.25, 0.3) is 6.08 Å². The van der Waals surface area contributed by atoms with Crippen molar-refractivity contribution in [3.8, 4) is 17.6 Å². The number of benzene rings is 1. The van der Waals surface area contributed by atoms with Gasteiger partial charge in [-0.1, -0.05) is 26.3 Å². The highest BCUT2D eigenvalue weighted by Gasteiger charge is 2.20. The van der Waals surface area contributed by atoms with Crippen molar-refractivity contribution >= 4 is 40.3 Å². The number of nitrogens with one attached hydrogen (secondary N) is 1.